The molecular formula is C44H52N4O7Si. The zero-order valence-electron chi connectivity index (χ0n) is 33.6. The highest BCUT2D eigenvalue weighted by Gasteiger charge is 2.67. The van der Waals surface area contributed by atoms with Gasteiger partial charge in [0, 0.05) is 37.7 Å². The quantitative estimate of drug-likeness (QED) is 0.110. The second-order valence-corrected chi connectivity index (χ2v) is 21.6. The fourth-order valence-corrected chi connectivity index (χ4v) is 9.73. The van der Waals surface area contributed by atoms with Gasteiger partial charge in [0.25, 0.3) is 5.88 Å². The first-order valence-electron chi connectivity index (χ1n) is 19.2. The first-order valence-corrected chi connectivity index (χ1v) is 22.1. The molecule has 1 unspecified atom stereocenters. The Morgan fingerprint density at radius 1 is 0.982 bits per heavy atom. The number of rotatable bonds is 12. The number of anilines is 1. The number of aromatic nitrogens is 2. The predicted molar refractivity (Wildman–Crippen MR) is 217 cm³/mol. The van der Waals surface area contributed by atoms with E-state index in [4.69, 9.17) is 23.4 Å². The number of aliphatic hydroxyl groups is 1. The summed E-state index contributed by atoms with van der Waals surface area (Å²) in [5, 5.41) is 17.0. The van der Waals surface area contributed by atoms with Gasteiger partial charge in [-0.05, 0) is 60.2 Å². The molecule has 0 spiro atoms. The number of nitrogens with zero attached hydrogens (tertiary/aromatic N) is 4. The van der Waals surface area contributed by atoms with E-state index >= 15 is 9.59 Å². The van der Waals surface area contributed by atoms with Gasteiger partial charge in [0.2, 0.25) is 5.78 Å². The van der Waals surface area contributed by atoms with E-state index in [-0.39, 0.29) is 41.0 Å². The van der Waals surface area contributed by atoms with Gasteiger partial charge in [0.1, 0.15) is 36.1 Å². The van der Waals surface area contributed by atoms with Crippen molar-refractivity contribution >= 4 is 25.7 Å². The Kier molecular flexibility index (Phi) is 10.4. The van der Waals surface area contributed by atoms with Gasteiger partial charge in [-0.25, -0.2) is 4.98 Å². The van der Waals surface area contributed by atoms with Crippen molar-refractivity contribution in [3.63, 3.8) is 0 Å². The molecule has 0 radical (unpaired) electrons. The lowest BCUT2D eigenvalue weighted by atomic mass is 9.58. The lowest BCUT2D eigenvalue weighted by molar-refractivity contribution is -0.0501. The second kappa shape index (κ2) is 14.8. The van der Waals surface area contributed by atoms with Gasteiger partial charge in [0.15, 0.2) is 25.5 Å². The molecule has 0 amide bonds. The molecule has 0 bridgehead atoms. The molecule has 11 nitrogen and oxygen atoms in total. The number of Topliss-reactive ketones (excluding diaryl/α,β-unsaturated/α-hetero) is 2. The minimum Gasteiger partial charge on any atom is -0.508 e. The number of pyridine rings is 1. The van der Waals surface area contributed by atoms with Gasteiger partial charge in [-0.2, -0.15) is 0 Å². The molecular weight excluding hydrogens is 725 g/mol. The van der Waals surface area contributed by atoms with Crippen LogP contribution in [0, 0.1) is 11.8 Å². The highest BCUT2D eigenvalue weighted by atomic mass is 28.4. The summed E-state index contributed by atoms with van der Waals surface area (Å²) in [6, 6.07) is 18.7. The number of carbonyl (C=O) groups excluding carboxylic acids is 2. The zero-order chi connectivity index (χ0) is 40.2. The van der Waals surface area contributed by atoms with Crippen LogP contribution in [0.5, 0.6) is 11.6 Å². The van der Waals surface area contributed by atoms with Crippen LogP contribution in [0.4, 0.5) is 5.82 Å². The Hall–Kier alpha value is -5.04. The average molecular weight is 777 g/mol. The van der Waals surface area contributed by atoms with Crippen molar-refractivity contribution in [2.75, 3.05) is 32.6 Å². The van der Waals surface area contributed by atoms with Gasteiger partial charge in [0.05, 0.1) is 17.8 Å². The van der Waals surface area contributed by atoms with Crippen LogP contribution in [0.15, 0.2) is 95.4 Å². The average Bonchev–Trinajstić information content (AvgIpc) is 3.58. The molecule has 1 N–H and O–H groups in total. The maximum absolute atomic E-state index is 15.6. The fraction of sp³-hybridized carbons (Fsp3) is 0.409. The van der Waals surface area contributed by atoms with Crippen LogP contribution < -0.4 is 14.4 Å². The summed E-state index contributed by atoms with van der Waals surface area (Å²) < 4.78 is 26.0. The van der Waals surface area contributed by atoms with Crippen LogP contribution in [-0.2, 0) is 24.1 Å². The highest BCUT2D eigenvalue weighted by Crippen LogP contribution is 2.60. The Morgan fingerprint density at radius 2 is 1.61 bits per heavy atom. The Labute approximate surface area is 330 Å². The number of ketones is 2. The Bertz CT molecular complexity index is 2180. The number of allylic oxidation sites excluding steroid dienone is 1. The molecule has 2 heterocycles. The molecule has 4 aromatic rings. The van der Waals surface area contributed by atoms with Crippen LogP contribution in [0.25, 0.3) is 0 Å². The number of aliphatic hydroxyl groups excluding tert-OH is 1. The number of benzene rings is 2. The highest BCUT2D eigenvalue weighted by molar-refractivity contribution is 6.74. The van der Waals surface area contributed by atoms with E-state index in [0.29, 0.717) is 42.3 Å². The van der Waals surface area contributed by atoms with Gasteiger partial charge in [-0.1, -0.05) is 87.5 Å². The molecule has 2 aromatic heterocycles. The number of likely N-dealkylation sites (N-methyl/N-ethyl adjacent to an activating group) is 1. The topological polar surface area (TPSA) is 127 Å². The van der Waals surface area contributed by atoms with Crippen molar-refractivity contribution in [1.29, 1.82) is 0 Å². The number of ether oxygens (including phenoxy) is 2. The van der Waals surface area contributed by atoms with Crippen molar-refractivity contribution in [1.82, 2.24) is 15.0 Å². The molecule has 7 rings (SSSR count). The molecule has 3 aliphatic carbocycles. The number of fused-ring (bicyclic) bond motifs is 4. The molecule has 294 valence electrons. The molecule has 2 aromatic carbocycles. The van der Waals surface area contributed by atoms with Gasteiger partial charge in [-0.3, -0.25) is 14.5 Å². The normalized spacial score (nSPS) is 21.9. The first-order chi connectivity index (χ1) is 26.6. The summed E-state index contributed by atoms with van der Waals surface area (Å²) in [7, 11) is 2.81. The molecule has 3 aliphatic rings. The Balaban J connectivity index is 1.44. The molecule has 4 atom stereocenters. The smallest absolute Gasteiger partial charge is 0.265 e. The summed E-state index contributed by atoms with van der Waals surface area (Å²) in [5.74, 6) is -1.12. The minimum atomic E-state index is -2.90. The summed E-state index contributed by atoms with van der Waals surface area (Å²) in [5.41, 5.74) is 1.20. The monoisotopic (exact) mass is 776 g/mol. The van der Waals surface area contributed by atoms with Crippen LogP contribution >= 0.6 is 0 Å². The van der Waals surface area contributed by atoms with E-state index in [9.17, 15) is 5.11 Å². The van der Waals surface area contributed by atoms with Crippen LogP contribution in [-0.4, -0.2) is 73.3 Å². The zero-order valence-corrected chi connectivity index (χ0v) is 34.6. The summed E-state index contributed by atoms with van der Waals surface area (Å²) in [4.78, 5) is 39.5. The van der Waals surface area contributed by atoms with E-state index in [2.05, 4.69) is 45.6 Å². The largest absolute Gasteiger partial charge is 0.508 e. The minimum absolute atomic E-state index is 0.0149. The molecule has 0 aliphatic heterocycles. The van der Waals surface area contributed by atoms with E-state index in [1.807, 2.05) is 91.6 Å². The van der Waals surface area contributed by atoms with E-state index in [1.165, 1.54) is 0 Å². The lowest BCUT2D eigenvalue weighted by Crippen LogP contribution is -2.65. The van der Waals surface area contributed by atoms with Gasteiger partial charge < -0.3 is 28.4 Å². The van der Waals surface area contributed by atoms with Crippen molar-refractivity contribution in [3.05, 3.63) is 124 Å². The van der Waals surface area contributed by atoms with Crippen molar-refractivity contribution in [2.45, 2.75) is 76.6 Å². The maximum Gasteiger partial charge on any atom is 0.265 e. The summed E-state index contributed by atoms with van der Waals surface area (Å²) in [6.45, 7) is 15.2. The molecule has 0 saturated heterocycles. The number of hydrogen-bond acceptors (Lipinski definition) is 11. The third-order valence-corrected chi connectivity index (χ3v) is 16.5. The van der Waals surface area contributed by atoms with Crippen molar-refractivity contribution in [3.8, 4) is 11.6 Å². The first kappa shape index (κ1) is 39.2. The number of carbonyl (C=O) groups is 2. The molecule has 0 fully saturated rings. The summed E-state index contributed by atoms with van der Waals surface area (Å²) in [6.07, 6.45) is 4.08. The second-order valence-electron chi connectivity index (χ2n) is 16.9. The van der Waals surface area contributed by atoms with Crippen molar-refractivity contribution in [2.24, 2.45) is 11.8 Å². The third-order valence-electron chi connectivity index (χ3n) is 12.0. The van der Waals surface area contributed by atoms with E-state index < -0.39 is 43.4 Å². The number of hydrogen-bond donors (Lipinski definition) is 1. The van der Waals surface area contributed by atoms with Crippen LogP contribution in [0.1, 0.15) is 76.4 Å². The van der Waals surface area contributed by atoms with Crippen LogP contribution in [0.2, 0.25) is 18.1 Å². The molecule has 56 heavy (non-hydrogen) atoms. The van der Waals surface area contributed by atoms with Crippen molar-refractivity contribution < 1.29 is 33.1 Å². The SMILES string of the molecule is C=CCN(C)[C@@H]1c2onc(OCc3ccccc3)c2C(=O)C2(O[Si](C)(C)C(C)(C)C)C(O)=C3C(=O)c4c(OCc5ccccc5)cnc(N(C)C)c4C[C@H]3C[C@@H]12. The third kappa shape index (κ3) is 6.57. The molecule has 0 saturated carbocycles. The van der Waals surface area contributed by atoms with Crippen LogP contribution in [0.3, 0.4) is 0 Å². The fourth-order valence-electron chi connectivity index (χ4n) is 8.28. The van der Waals surface area contributed by atoms with E-state index in [0.717, 1.165) is 16.7 Å². The van der Waals surface area contributed by atoms with Gasteiger partial charge >= 0.3 is 0 Å². The summed E-state index contributed by atoms with van der Waals surface area (Å²) >= 11 is 0. The van der Waals surface area contributed by atoms with Gasteiger partial charge in [-0.15, -0.1) is 6.58 Å². The molecule has 12 heteroatoms. The maximum atomic E-state index is 15.6. The van der Waals surface area contributed by atoms with E-state index in [1.54, 1.807) is 12.3 Å². The standard InChI is InChI=1S/C44H52N4O7Si/c1-10-21-48(7)36-31-23-29-22-30-34(32(24-45-41(30)47(5)6)52-25-27-17-13-11-14-18-27)37(49)33(29)39(50)44(31,55-56(8,9)43(2,3)4)40(51)35-38(36)54-46-42(35)53-26-28-19-15-12-16-20-28/h10-20,24,29,31,36,50H,1,21-23,25-26H2,2-9H3/t29-,31-,36-,44?/m0/s1. The lowest BCUT2D eigenvalue weighted by Gasteiger charge is -2.55. The predicted octanol–water partition coefficient (Wildman–Crippen LogP) is 8.30. The Morgan fingerprint density at radius 3 is 2.20 bits per heavy atom.